The summed E-state index contributed by atoms with van der Waals surface area (Å²) in [6, 6.07) is 14.9. The van der Waals surface area contributed by atoms with Crippen molar-refractivity contribution in [2.75, 3.05) is 19.0 Å². The lowest BCUT2D eigenvalue weighted by Gasteiger charge is -2.34. The van der Waals surface area contributed by atoms with Gasteiger partial charge >= 0.3 is 0 Å². The summed E-state index contributed by atoms with van der Waals surface area (Å²) >= 11 is 9.29. The van der Waals surface area contributed by atoms with Gasteiger partial charge < -0.3 is 9.80 Å². The minimum Gasteiger partial charge on any atom is -0.354 e. The van der Waals surface area contributed by atoms with Crippen molar-refractivity contribution in [1.82, 2.24) is 4.90 Å². The molecule has 0 radical (unpaired) electrons. The standard InChI is InChI=1S/C17H18BrClN2O/c1-12(20(2)16-10-8-15(19)9-11-16)21(3)17(22)13-4-6-14(18)7-5-13/h4-12H,1-3H3. The van der Waals surface area contributed by atoms with Gasteiger partial charge in [0.1, 0.15) is 6.17 Å². The maximum atomic E-state index is 12.6. The third-order valence-electron chi connectivity index (χ3n) is 3.77. The lowest BCUT2D eigenvalue weighted by molar-refractivity contribution is 0.0743. The van der Waals surface area contributed by atoms with Crippen molar-refractivity contribution in [3.05, 3.63) is 63.6 Å². The first-order valence-electron chi connectivity index (χ1n) is 6.91. The number of carbonyl (C=O) groups excluding carboxylic acids is 1. The van der Waals surface area contributed by atoms with Crippen molar-refractivity contribution < 1.29 is 4.79 Å². The van der Waals surface area contributed by atoms with Crippen LogP contribution in [0.15, 0.2) is 53.0 Å². The minimum absolute atomic E-state index is 0.0131. The van der Waals surface area contributed by atoms with Gasteiger partial charge in [-0.25, -0.2) is 0 Å². The van der Waals surface area contributed by atoms with Crippen molar-refractivity contribution in [2.45, 2.75) is 13.1 Å². The quantitative estimate of drug-likeness (QED) is 0.719. The Kier molecular flexibility index (Phi) is 5.48. The number of hydrogen-bond donors (Lipinski definition) is 0. The fraction of sp³-hybridized carbons (Fsp3) is 0.235. The lowest BCUT2D eigenvalue weighted by Crippen LogP contribution is -2.45. The highest BCUT2D eigenvalue weighted by Crippen LogP contribution is 2.20. The molecule has 1 unspecified atom stereocenters. The van der Waals surface area contributed by atoms with Gasteiger partial charge in [-0.1, -0.05) is 27.5 Å². The molecule has 1 atom stereocenters. The molecule has 0 fully saturated rings. The highest BCUT2D eigenvalue weighted by molar-refractivity contribution is 9.10. The number of hydrogen-bond acceptors (Lipinski definition) is 2. The Hall–Kier alpha value is -1.52. The molecule has 3 nitrogen and oxygen atoms in total. The highest BCUT2D eigenvalue weighted by Gasteiger charge is 2.21. The molecule has 0 aliphatic heterocycles. The Morgan fingerprint density at radius 3 is 2.14 bits per heavy atom. The van der Waals surface area contributed by atoms with E-state index in [4.69, 9.17) is 11.6 Å². The number of halogens is 2. The van der Waals surface area contributed by atoms with E-state index < -0.39 is 0 Å². The first kappa shape index (κ1) is 16.8. The molecule has 0 aliphatic carbocycles. The topological polar surface area (TPSA) is 23.6 Å². The van der Waals surface area contributed by atoms with Crippen LogP contribution in [0.25, 0.3) is 0 Å². The molecule has 1 amide bonds. The second-order valence-corrected chi connectivity index (χ2v) is 6.49. The zero-order valence-corrected chi connectivity index (χ0v) is 15.1. The summed E-state index contributed by atoms with van der Waals surface area (Å²) in [6.45, 7) is 1.99. The van der Waals surface area contributed by atoms with E-state index in [2.05, 4.69) is 15.9 Å². The van der Waals surface area contributed by atoms with Crippen molar-refractivity contribution in [2.24, 2.45) is 0 Å². The highest BCUT2D eigenvalue weighted by atomic mass is 79.9. The molecule has 2 aromatic carbocycles. The molecular formula is C17H18BrClN2O. The van der Waals surface area contributed by atoms with Gasteiger partial charge in [-0.15, -0.1) is 0 Å². The van der Waals surface area contributed by atoms with Crippen LogP contribution in [0.4, 0.5) is 5.69 Å². The molecule has 0 saturated carbocycles. The van der Waals surface area contributed by atoms with Gasteiger partial charge in [-0.2, -0.15) is 0 Å². The third kappa shape index (κ3) is 3.81. The zero-order valence-electron chi connectivity index (χ0n) is 12.8. The molecule has 0 saturated heterocycles. The molecule has 2 rings (SSSR count). The maximum absolute atomic E-state index is 12.6. The van der Waals surface area contributed by atoms with E-state index in [-0.39, 0.29) is 12.1 Å². The van der Waals surface area contributed by atoms with Gasteiger partial charge in [-0.3, -0.25) is 4.79 Å². The van der Waals surface area contributed by atoms with Crippen molar-refractivity contribution >= 4 is 39.1 Å². The summed E-state index contributed by atoms with van der Waals surface area (Å²) in [5.41, 5.74) is 1.68. The van der Waals surface area contributed by atoms with Gasteiger partial charge in [0, 0.05) is 34.8 Å². The van der Waals surface area contributed by atoms with E-state index in [0.717, 1.165) is 10.2 Å². The van der Waals surface area contributed by atoms with E-state index in [1.165, 1.54) is 0 Å². The number of benzene rings is 2. The number of anilines is 1. The van der Waals surface area contributed by atoms with Crippen LogP contribution in [0.1, 0.15) is 17.3 Å². The van der Waals surface area contributed by atoms with Crippen LogP contribution in [-0.4, -0.2) is 31.1 Å². The summed E-state index contributed by atoms with van der Waals surface area (Å²) in [4.78, 5) is 16.3. The van der Waals surface area contributed by atoms with Crippen LogP contribution < -0.4 is 4.90 Å². The van der Waals surface area contributed by atoms with Gasteiger partial charge in [0.15, 0.2) is 0 Å². The fourth-order valence-electron chi connectivity index (χ4n) is 2.12. The van der Waals surface area contributed by atoms with Crippen molar-refractivity contribution in [3.8, 4) is 0 Å². The number of amides is 1. The average molecular weight is 382 g/mol. The van der Waals surface area contributed by atoms with E-state index in [0.29, 0.717) is 10.6 Å². The predicted molar refractivity (Wildman–Crippen MR) is 95.6 cm³/mol. The summed E-state index contributed by atoms with van der Waals surface area (Å²) in [5.74, 6) is -0.0131. The summed E-state index contributed by atoms with van der Waals surface area (Å²) < 4.78 is 0.957. The smallest absolute Gasteiger partial charge is 0.255 e. The Labute approximate surface area is 144 Å². The normalized spacial score (nSPS) is 11.9. The lowest BCUT2D eigenvalue weighted by atomic mass is 10.2. The molecule has 0 heterocycles. The monoisotopic (exact) mass is 380 g/mol. The Morgan fingerprint density at radius 2 is 1.59 bits per heavy atom. The van der Waals surface area contributed by atoms with E-state index >= 15 is 0 Å². The average Bonchev–Trinajstić information content (AvgIpc) is 2.53. The predicted octanol–water partition coefficient (Wildman–Crippen LogP) is 4.66. The van der Waals surface area contributed by atoms with Crippen LogP contribution in [0.3, 0.4) is 0 Å². The molecule has 0 aromatic heterocycles. The van der Waals surface area contributed by atoms with Crippen LogP contribution in [0.5, 0.6) is 0 Å². The molecule has 0 aliphatic rings. The molecule has 2 aromatic rings. The van der Waals surface area contributed by atoms with E-state index in [1.807, 2.05) is 74.4 Å². The van der Waals surface area contributed by atoms with Crippen molar-refractivity contribution in [3.63, 3.8) is 0 Å². The van der Waals surface area contributed by atoms with Crippen LogP contribution in [0.2, 0.25) is 5.02 Å². The minimum atomic E-state index is -0.0858. The second kappa shape index (κ2) is 7.16. The molecule has 116 valence electrons. The number of rotatable bonds is 4. The molecule has 5 heteroatoms. The van der Waals surface area contributed by atoms with Gasteiger partial charge in [-0.05, 0) is 55.5 Å². The van der Waals surface area contributed by atoms with Crippen molar-refractivity contribution in [1.29, 1.82) is 0 Å². The first-order chi connectivity index (χ1) is 10.4. The molecular weight excluding hydrogens is 364 g/mol. The molecule has 0 bridgehead atoms. The second-order valence-electron chi connectivity index (χ2n) is 5.14. The van der Waals surface area contributed by atoms with Gasteiger partial charge in [0.05, 0.1) is 0 Å². The maximum Gasteiger partial charge on any atom is 0.255 e. The third-order valence-corrected chi connectivity index (χ3v) is 4.55. The van der Waals surface area contributed by atoms with Gasteiger partial charge in [0.2, 0.25) is 0 Å². The number of carbonyl (C=O) groups is 1. The Bertz CT molecular complexity index is 643. The van der Waals surface area contributed by atoms with E-state index in [9.17, 15) is 4.79 Å². The largest absolute Gasteiger partial charge is 0.354 e. The summed E-state index contributed by atoms with van der Waals surface area (Å²) in [7, 11) is 3.76. The van der Waals surface area contributed by atoms with E-state index in [1.54, 1.807) is 4.90 Å². The Morgan fingerprint density at radius 1 is 1.05 bits per heavy atom. The zero-order chi connectivity index (χ0) is 16.3. The van der Waals surface area contributed by atoms with Gasteiger partial charge in [0.25, 0.3) is 5.91 Å². The fourth-order valence-corrected chi connectivity index (χ4v) is 2.51. The van der Waals surface area contributed by atoms with Crippen LogP contribution in [-0.2, 0) is 0 Å². The summed E-state index contributed by atoms with van der Waals surface area (Å²) in [5, 5.41) is 0.698. The number of nitrogens with zero attached hydrogens (tertiary/aromatic N) is 2. The first-order valence-corrected chi connectivity index (χ1v) is 8.08. The molecule has 0 N–H and O–H groups in total. The van der Waals surface area contributed by atoms with Crippen LogP contribution >= 0.6 is 27.5 Å². The van der Waals surface area contributed by atoms with Crippen LogP contribution in [0, 0.1) is 0 Å². The molecule has 22 heavy (non-hydrogen) atoms. The SMILES string of the molecule is CC(N(C)C(=O)c1ccc(Br)cc1)N(C)c1ccc(Cl)cc1. The molecule has 0 spiro atoms. The summed E-state index contributed by atoms with van der Waals surface area (Å²) in [6.07, 6.45) is -0.0858. The Balaban J connectivity index is 2.13.